The van der Waals surface area contributed by atoms with Gasteiger partial charge in [0, 0.05) is 18.2 Å². The Morgan fingerprint density at radius 2 is 2.14 bits per heavy atom. The third kappa shape index (κ3) is 5.91. The summed E-state index contributed by atoms with van der Waals surface area (Å²) in [7, 11) is 1.98. The van der Waals surface area contributed by atoms with Gasteiger partial charge < -0.3 is 10.6 Å². The molecular formula is C16H25ClFN3O. The molecule has 1 aromatic rings. The van der Waals surface area contributed by atoms with E-state index in [-0.39, 0.29) is 30.7 Å². The van der Waals surface area contributed by atoms with Gasteiger partial charge in [0.1, 0.15) is 5.82 Å². The van der Waals surface area contributed by atoms with Crippen molar-refractivity contribution in [2.24, 2.45) is 0 Å². The Labute approximate surface area is 137 Å². The summed E-state index contributed by atoms with van der Waals surface area (Å²) in [5.74, 6) is -0.334. The molecule has 4 nitrogen and oxygen atoms in total. The molecule has 1 fully saturated rings. The highest BCUT2D eigenvalue weighted by molar-refractivity contribution is 5.85. The van der Waals surface area contributed by atoms with Crippen LogP contribution in [0.1, 0.15) is 24.8 Å². The maximum atomic E-state index is 13.5. The quantitative estimate of drug-likeness (QED) is 0.867. The van der Waals surface area contributed by atoms with Gasteiger partial charge in [0.05, 0.1) is 6.54 Å². The van der Waals surface area contributed by atoms with E-state index in [4.69, 9.17) is 0 Å². The monoisotopic (exact) mass is 329 g/mol. The minimum absolute atomic E-state index is 0. The molecule has 1 heterocycles. The predicted molar refractivity (Wildman–Crippen MR) is 88.6 cm³/mol. The van der Waals surface area contributed by atoms with Crippen LogP contribution in [0.2, 0.25) is 0 Å². The molecule has 2 rings (SSSR count). The molecule has 1 aromatic carbocycles. The lowest BCUT2D eigenvalue weighted by atomic mass is 10.1. The minimum atomic E-state index is -0.277. The van der Waals surface area contributed by atoms with Crippen LogP contribution in [0, 0.1) is 5.82 Å². The number of amides is 1. The Balaban J connectivity index is 0.00000242. The summed E-state index contributed by atoms with van der Waals surface area (Å²) in [5.41, 5.74) is 0.521. The fraction of sp³-hybridized carbons (Fsp3) is 0.562. The molecule has 0 radical (unpaired) electrons. The topological polar surface area (TPSA) is 44.4 Å². The summed E-state index contributed by atoms with van der Waals surface area (Å²) in [6.45, 7) is 2.67. The highest BCUT2D eigenvalue weighted by atomic mass is 35.5. The van der Waals surface area contributed by atoms with Crippen LogP contribution >= 0.6 is 12.4 Å². The van der Waals surface area contributed by atoms with Crippen molar-refractivity contribution in [3.05, 3.63) is 35.6 Å². The van der Waals surface area contributed by atoms with Crippen molar-refractivity contribution >= 4 is 18.3 Å². The maximum Gasteiger partial charge on any atom is 0.234 e. The normalized spacial score (nSPS) is 18.4. The summed E-state index contributed by atoms with van der Waals surface area (Å²) in [5, 5.41) is 6.16. The first kappa shape index (κ1) is 18.9. The van der Waals surface area contributed by atoms with Gasteiger partial charge in [-0.15, -0.1) is 12.4 Å². The van der Waals surface area contributed by atoms with E-state index in [2.05, 4.69) is 15.5 Å². The number of halogens is 2. The number of rotatable bonds is 5. The third-order valence-electron chi connectivity index (χ3n) is 4.00. The molecule has 1 unspecified atom stereocenters. The van der Waals surface area contributed by atoms with Crippen LogP contribution in [0.5, 0.6) is 0 Å². The SMILES string of the molecule is CN(CC(=O)NCc1ccccc1F)C1CCCNCC1.Cl. The molecule has 0 aromatic heterocycles. The second-order valence-electron chi connectivity index (χ2n) is 5.62. The van der Waals surface area contributed by atoms with Crippen molar-refractivity contribution in [2.45, 2.75) is 31.8 Å². The van der Waals surface area contributed by atoms with E-state index >= 15 is 0 Å². The van der Waals surface area contributed by atoms with Crippen LogP contribution in [0.4, 0.5) is 4.39 Å². The van der Waals surface area contributed by atoms with Gasteiger partial charge >= 0.3 is 0 Å². The van der Waals surface area contributed by atoms with Crippen molar-refractivity contribution in [3.63, 3.8) is 0 Å². The molecule has 1 saturated heterocycles. The van der Waals surface area contributed by atoms with Crippen LogP contribution in [-0.2, 0) is 11.3 Å². The molecule has 0 spiro atoms. The number of carbonyl (C=O) groups excluding carboxylic acids is 1. The zero-order valence-electron chi connectivity index (χ0n) is 13.0. The Morgan fingerprint density at radius 3 is 2.91 bits per heavy atom. The van der Waals surface area contributed by atoms with Crippen LogP contribution in [0.15, 0.2) is 24.3 Å². The van der Waals surface area contributed by atoms with Gasteiger partial charge in [-0.3, -0.25) is 9.69 Å². The molecule has 2 N–H and O–H groups in total. The van der Waals surface area contributed by atoms with Gasteiger partial charge in [-0.2, -0.15) is 0 Å². The van der Waals surface area contributed by atoms with E-state index in [1.165, 1.54) is 6.07 Å². The van der Waals surface area contributed by atoms with Gasteiger partial charge in [0.25, 0.3) is 0 Å². The molecule has 0 aliphatic carbocycles. The predicted octanol–water partition coefficient (Wildman–Crippen LogP) is 1.94. The van der Waals surface area contributed by atoms with Gasteiger partial charge in [-0.25, -0.2) is 4.39 Å². The Bertz CT molecular complexity index is 464. The number of carbonyl (C=O) groups is 1. The van der Waals surface area contributed by atoms with Gasteiger partial charge in [0.2, 0.25) is 5.91 Å². The molecule has 6 heteroatoms. The first-order chi connectivity index (χ1) is 10.2. The van der Waals surface area contributed by atoms with E-state index in [9.17, 15) is 9.18 Å². The molecule has 1 atom stereocenters. The summed E-state index contributed by atoms with van der Waals surface area (Å²) in [6, 6.07) is 6.96. The first-order valence-electron chi connectivity index (χ1n) is 7.58. The van der Waals surface area contributed by atoms with Crippen molar-refractivity contribution in [1.29, 1.82) is 0 Å². The van der Waals surface area contributed by atoms with Crippen molar-refractivity contribution in [3.8, 4) is 0 Å². The van der Waals surface area contributed by atoms with E-state index in [1.807, 2.05) is 7.05 Å². The number of nitrogens with zero attached hydrogens (tertiary/aromatic N) is 1. The molecule has 1 amide bonds. The summed E-state index contributed by atoms with van der Waals surface area (Å²) in [4.78, 5) is 14.1. The second-order valence-corrected chi connectivity index (χ2v) is 5.62. The lowest BCUT2D eigenvalue weighted by Crippen LogP contribution is -2.40. The highest BCUT2D eigenvalue weighted by Crippen LogP contribution is 2.11. The summed E-state index contributed by atoms with van der Waals surface area (Å²) in [6.07, 6.45) is 3.33. The number of nitrogens with one attached hydrogen (secondary N) is 2. The largest absolute Gasteiger partial charge is 0.351 e. The van der Waals surface area contributed by atoms with Gasteiger partial charge in [-0.05, 0) is 45.5 Å². The Kier molecular flexibility index (Phi) is 8.38. The fourth-order valence-corrected chi connectivity index (χ4v) is 2.69. The minimum Gasteiger partial charge on any atom is -0.351 e. The molecule has 22 heavy (non-hydrogen) atoms. The van der Waals surface area contributed by atoms with Crippen molar-refractivity contribution in [1.82, 2.24) is 15.5 Å². The van der Waals surface area contributed by atoms with Crippen molar-refractivity contribution < 1.29 is 9.18 Å². The van der Waals surface area contributed by atoms with E-state index in [0.29, 0.717) is 18.2 Å². The zero-order valence-corrected chi connectivity index (χ0v) is 13.8. The Morgan fingerprint density at radius 1 is 1.36 bits per heavy atom. The summed E-state index contributed by atoms with van der Waals surface area (Å²) < 4.78 is 13.5. The lowest BCUT2D eigenvalue weighted by molar-refractivity contribution is -0.122. The molecule has 1 aliphatic heterocycles. The smallest absolute Gasteiger partial charge is 0.234 e. The van der Waals surface area contributed by atoms with Crippen molar-refractivity contribution in [2.75, 3.05) is 26.7 Å². The third-order valence-corrected chi connectivity index (χ3v) is 4.00. The number of hydrogen-bond acceptors (Lipinski definition) is 3. The van der Waals surface area contributed by atoms with Crippen LogP contribution in [0.25, 0.3) is 0 Å². The van der Waals surface area contributed by atoms with Crippen LogP contribution in [-0.4, -0.2) is 43.5 Å². The number of likely N-dealkylation sites (N-methyl/N-ethyl adjacent to an activating group) is 1. The average Bonchev–Trinajstić information content (AvgIpc) is 2.75. The molecule has 0 saturated carbocycles. The zero-order chi connectivity index (χ0) is 15.1. The van der Waals surface area contributed by atoms with Gasteiger partial charge in [-0.1, -0.05) is 18.2 Å². The number of benzene rings is 1. The van der Waals surface area contributed by atoms with Crippen LogP contribution in [0.3, 0.4) is 0 Å². The Hall–Kier alpha value is -1.17. The molecule has 0 bridgehead atoms. The number of hydrogen-bond donors (Lipinski definition) is 2. The standard InChI is InChI=1S/C16H24FN3O.ClH/c1-20(14-6-4-9-18-10-8-14)12-16(21)19-11-13-5-2-3-7-15(13)17;/h2-3,5,7,14,18H,4,6,8-12H2,1H3,(H,19,21);1H. The average molecular weight is 330 g/mol. The molecule has 1 aliphatic rings. The van der Waals surface area contributed by atoms with E-state index in [0.717, 1.165) is 32.4 Å². The molecular weight excluding hydrogens is 305 g/mol. The first-order valence-corrected chi connectivity index (χ1v) is 7.58. The van der Waals surface area contributed by atoms with Crippen LogP contribution < -0.4 is 10.6 Å². The summed E-state index contributed by atoms with van der Waals surface area (Å²) >= 11 is 0. The molecule has 124 valence electrons. The second kappa shape index (κ2) is 9.77. The van der Waals surface area contributed by atoms with E-state index < -0.39 is 0 Å². The maximum absolute atomic E-state index is 13.5. The van der Waals surface area contributed by atoms with Gasteiger partial charge in [0.15, 0.2) is 0 Å². The fourth-order valence-electron chi connectivity index (χ4n) is 2.69. The lowest BCUT2D eigenvalue weighted by Gasteiger charge is -2.26. The van der Waals surface area contributed by atoms with E-state index in [1.54, 1.807) is 18.2 Å². The highest BCUT2D eigenvalue weighted by Gasteiger charge is 2.18.